The van der Waals surface area contributed by atoms with Crippen molar-refractivity contribution in [2.75, 3.05) is 31.6 Å². The molecule has 5 heteroatoms. The summed E-state index contributed by atoms with van der Waals surface area (Å²) in [5.41, 5.74) is 1.98. The van der Waals surface area contributed by atoms with Gasteiger partial charge in [-0.1, -0.05) is 36.4 Å². The van der Waals surface area contributed by atoms with E-state index in [9.17, 15) is 4.79 Å². The molecule has 24 heavy (non-hydrogen) atoms. The van der Waals surface area contributed by atoms with Crippen LogP contribution < -0.4 is 0 Å². The van der Waals surface area contributed by atoms with E-state index in [4.69, 9.17) is 0 Å². The number of carbonyl (C=O) groups is 1. The second kappa shape index (κ2) is 8.31. The zero-order valence-corrected chi connectivity index (χ0v) is 14.8. The molecule has 1 aromatic carbocycles. The average molecular weight is 341 g/mol. The highest BCUT2D eigenvalue weighted by Gasteiger charge is 2.31. The number of benzene rings is 1. The van der Waals surface area contributed by atoms with E-state index in [1.807, 2.05) is 55.2 Å². The lowest BCUT2D eigenvalue weighted by Crippen LogP contribution is -2.44. The van der Waals surface area contributed by atoms with Crippen molar-refractivity contribution in [2.45, 2.75) is 12.6 Å². The summed E-state index contributed by atoms with van der Waals surface area (Å²) in [6.07, 6.45) is 1.77. The number of rotatable bonds is 5. The van der Waals surface area contributed by atoms with Crippen LogP contribution in [0, 0.1) is 0 Å². The Morgan fingerprint density at radius 3 is 2.54 bits per heavy atom. The fraction of sp³-hybridized carbons (Fsp3) is 0.368. The van der Waals surface area contributed by atoms with Crippen LogP contribution in [0.2, 0.25) is 0 Å². The zero-order valence-electron chi connectivity index (χ0n) is 14.0. The van der Waals surface area contributed by atoms with Crippen molar-refractivity contribution >= 4 is 17.7 Å². The molecule has 1 amide bonds. The van der Waals surface area contributed by atoms with Gasteiger partial charge in [0.1, 0.15) is 6.04 Å². The molecule has 1 aromatic heterocycles. The van der Waals surface area contributed by atoms with Crippen LogP contribution >= 0.6 is 11.8 Å². The molecule has 2 aromatic rings. The first kappa shape index (κ1) is 17.0. The van der Waals surface area contributed by atoms with Crippen molar-refractivity contribution in [2.24, 2.45) is 0 Å². The molecule has 4 nitrogen and oxygen atoms in total. The van der Waals surface area contributed by atoms with Gasteiger partial charge in [0.15, 0.2) is 0 Å². The smallest absolute Gasteiger partial charge is 0.244 e. The summed E-state index contributed by atoms with van der Waals surface area (Å²) in [4.78, 5) is 21.6. The summed E-state index contributed by atoms with van der Waals surface area (Å²) in [7, 11) is 1.87. The summed E-state index contributed by atoms with van der Waals surface area (Å²) < 4.78 is 0. The van der Waals surface area contributed by atoms with Crippen LogP contribution in [0.15, 0.2) is 54.7 Å². The molecule has 1 saturated heterocycles. The van der Waals surface area contributed by atoms with Crippen molar-refractivity contribution in [1.82, 2.24) is 14.8 Å². The maximum absolute atomic E-state index is 13.2. The highest BCUT2D eigenvalue weighted by atomic mass is 32.2. The summed E-state index contributed by atoms with van der Waals surface area (Å²) in [5.74, 6) is 2.31. The lowest BCUT2D eigenvalue weighted by Gasteiger charge is -2.35. The fourth-order valence-corrected chi connectivity index (χ4v) is 3.93. The van der Waals surface area contributed by atoms with Crippen LogP contribution in [0.4, 0.5) is 0 Å². The Balaban J connectivity index is 1.80. The van der Waals surface area contributed by atoms with Crippen LogP contribution in [-0.4, -0.2) is 52.3 Å². The number of likely N-dealkylation sites (N-methyl/N-ethyl adjacent to an activating group) is 1. The predicted octanol–water partition coefficient (Wildman–Crippen LogP) is 2.83. The Hall–Kier alpha value is -1.85. The van der Waals surface area contributed by atoms with Gasteiger partial charge in [-0.15, -0.1) is 0 Å². The topological polar surface area (TPSA) is 36.4 Å². The molecule has 0 spiro atoms. The van der Waals surface area contributed by atoms with E-state index in [2.05, 4.69) is 22.0 Å². The first-order chi connectivity index (χ1) is 11.8. The van der Waals surface area contributed by atoms with E-state index in [0.717, 1.165) is 35.9 Å². The highest BCUT2D eigenvalue weighted by molar-refractivity contribution is 7.99. The molecular formula is C19H23N3OS. The van der Waals surface area contributed by atoms with Crippen LogP contribution in [0.3, 0.4) is 0 Å². The molecule has 1 aliphatic heterocycles. The maximum Gasteiger partial charge on any atom is 0.244 e. The van der Waals surface area contributed by atoms with E-state index in [1.54, 1.807) is 11.1 Å². The highest BCUT2D eigenvalue weighted by Crippen LogP contribution is 2.26. The number of pyridine rings is 1. The van der Waals surface area contributed by atoms with Gasteiger partial charge in [0, 0.05) is 37.8 Å². The molecule has 0 aliphatic carbocycles. The van der Waals surface area contributed by atoms with Gasteiger partial charge in [-0.2, -0.15) is 11.8 Å². The van der Waals surface area contributed by atoms with Gasteiger partial charge in [-0.05, 0) is 17.7 Å². The van der Waals surface area contributed by atoms with E-state index >= 15 is 0 Å². The fourth-order valence-electron chi connectivity index (χ4n) is 3.00. The number of hydrogen-bond acceptors (Lipinski definition) is 4. The molecule has 0 bridgehead atoms. The normalized spacial score (nSPS) is 16.5. The van der Waals surface area contributed by atoms with Gasteiger partial charge in [0.25, 0.3) is 0 Å². The molecule has 0 N–H and O–H groups in total. The Bertz CT molecular complexity index is 644. The molecule has 1 fully saturated rings. The van der Waals surface area contributed by atoms with Crippen molar-refractivity contribution in [3.05, 3.63) is 66.0 Å². The molecule has 3 rings (SSSR count). The predicted molar refractivity (Wildman–Crippen MR) is 98.8 cm³/mol. The van der Waals surface area contributed by atoms with Gasteiger partial charge in [-0.3, -0.25) is 14.7 Å². The third-order valence-electron chi connectivity index (χ3n) is 4.26. The Morgan fingerprint density at radius 2 is 1.88 bits per heavy atom. The molecule has 1 aliphatic rings. The molecule has 2 heterocycles. The van der Waals surface area contributed by atoms with Gasteiger partial charge in [0.2, 0.25) is 5.91 Å². The summed E-state index contributed by atoms with van der Waals surface area (Å²) in [6, 6.07) is 15.7. The van der Waals surface area contributed by atoms with E-state index in [-0.39, 0.29) is 11.9 Å². The summed E-state index contributed by atoms with van der Waals surface area (Å²) in [6.45, 7) is 2.44. The molecule has 0 saturated carbocycles. The van der Waals surface area contributed by atoms with Gasteiger partial charge in [-0.25, -0.2) is 0 Å². The van der Waals surface area contributed by atoms with Gasteiger partial charge >= 0.3 is 0 Å². The number of nitrogens with zero attached hydrogens (tertiary/aromatic N) is 3. The number of carbonyl (C=O) groups excluding carboxylic acids is 1. The van der Waals surface area contributed by atoms with E-state index in [0.29, 0.717) is 6.54 Å². The quantitative estimate of drug-likeness (QED) is 0.838. The van der Waals surface area contributed by atoms with Crippen molar-refractivity contribution in [1.29, 1.82) is 0 Å². The minimum absolute atomic E-state index is 0.138. The SMILES string of the molecule is CN(Cc1ccccn1)C(=O)[C@H](c1ccccc1)N1CCSCC1. The summed E-state index contributed by atoms with van der Waals surface area (Å²) >= 11 is 1.96. The van der Waals surface area contributed by atoms with Crippen molar-refractivity contribution < 1.29 is 4.79 Å². The maximum atomic E-state index is 13.2. The third kappa shape index (κ3) is 4.16. The van der Waals surface area contributed by atoms with Crippen molar-refractivity contribution in [3.8, 4) is 0 Å². The second-order valence-electron chi connectivity index (χ2n) is 5.98. The average Bonchev–Trinajstić information content (AvgIpc) is 2.64. The largest absolute Gasteiger partial charge is 0.338 e. The third-order valence-corrected chi connectivity index (χ3v) is 5.20. The standard InChI is InChI=1S/C19H23N3OS/c1-21(15-17-9-5-6-10-20-17)19(23)18(16-7-3-2-4-8-16)22-11-13-24-14-12-22/h2-10,18H,11-15H2,1H3/t18-/m0/s1. The second-order valence-corrected chi connectivity index (χ2v) is 7.20. The number of amides is 1. The van der Waals surface area contributed by atoms with Crippen LogP contribution in [-0.2, 0) is 11.3 Å². The molecule has 0 unspecified atom stereocenters. The van der Waals surface area contributed by atoms with Crippen LogP contribution in [0.1, 0.15) is 17.3 Å². The minimum Gasteiger partial charge on any atom is -0.338 e. The molecule has 126 valence electrons. The lowest BCUT2D eigenvalue weighted by molar-refractivity contribution is -0.136. The first-order valence-corrected chi connectivity index (χ1v) is 9.43. The van der Waals surface area contributed by atoms with Gasteiger partial charge < -0.3 is 4.90 Å². The van der Waals surface area contributed by atoms with Crippen molar-refractivity contribution in [3.63, 3.8) is 0 Å². The lowest BCUT2D eigenvalue weighted by atomic mass is 10.0. The van der Waals surface area contributed by atoms with E-state index in [1.165, 1.54) is 0 Å². The number of aromatic nitrogens is 1. The summed E-state index contributed by atoms with van der Waals surface area (Å²) in [5, 5.41) is 0. The monoisotopic (exact) mass is 341 g/mol. The Kier molecular flexibility index (Phi) is 5.88. The van der Waals surface area contributed by atoms with Gasteiger partial charge in [0.05, 0.1) is 12.2 Å². The zero-order chi connectivity index (χ0) is 16.8. The Morgan fingerprint density at radius 1 is 1.17 bits per heavy atom. The molecular weight excluding hydrogens is 318 g/mol. The van der Waals surface area contributed by atoms with Crippen LogP contribution in [0.5, 0.6) is 0 Å². The van der Waals surface area contributed by atoms with E-state index < -0.39 is 0 Å². The van der Waals surface area contributed by atoms with Crippen LogP contribution in [0.25, 0.3) is 0 Å². The number of hydrogen-bond donors (Lipinski definition) is 0. The minimum atomic E-state index is -0.208. The first-order valence-electron chi connectivity index (χ1n) is 8.27. The molecule has 1 atom stereocenters. The molecule has 0 radical (unpaired) electrons. The number of thioether (sulfide) groups is 1. The Labute approximate surface area is 147 Å².